The zero-order chi connectivity index (χ0) is 19.3. The van der Waals surface area contributed by atoms with E-state index in [0.29, 0.717) is 0 Å². The molecule has 0 radical (unpaired) electrons. The summed E-state index contributed by atoms with van der Waals surface area (Å²) in [7, 11) is 0. The van der Waals surface area contributed by atoms with Crippen molar-refractivity contribution in [1.82, 2.24) is 5.32 Å². The second-order valence-electron chi connectivity index (χ2n) is 6.05. The van der Waals surface area contributed by atoms with Crippen molar-refractivity contribution in [3.8, 4) is 0 Å². The number of ether oxygens (including phenoxy) is 2. The summed E-state index contributed by atoms with van der Waals surface area (Å²) in [5.41, 5.74) is 0. The predicted molar refractivity (Wildman–Crippen MR) is 81.0 cm³/mol. The molecule has 11 heteroatoms. The number of amides is 1. The number of carbonyl (C=O) groups is 1. The Morgan fingerprint density at radius 1 is 1.12 bits per heavy atom. The monoisotopic (exact) mass is 369 g/mol. The molecule has 1 aliphatic rings. The molecule has 9 atom stereocenters. The van der Waals surface area contributed by atoms with Crippen LogP contribution < -0.4 is 5.32 Å². The van der Waals surface area contributed by atoms with Crippen molar-refractivity contribution in [2.45, 2.75) is 68.9 Å². The lowest BCUT2D eigenvalue weighted by molar-refractivity contribution is -0.299. The number of nitrogens with one attached hydrogen (secondary N) is 1. The Bertz CT molecular complexity index is 424. The van der Waals surface area contributed by atoms with Gasteiger partial charge in [0.2, 0.25) is 5.91 Å². The fourth-order valence-corrected chi connectivity index (χ4v) is 2.41. The number of rotatable bonds is 8. The first-order chi connectivity index (χ1) is 11.6. The Hall–Kier alpha value is -0.890. The van der Waals surface area contributed by atoms with Crippen LogP contribution in [0.2, 0.25) is 0 Å². The van der Waals surface area contributed by atoms with Crippen molar-refractivity contribution in [3.63, 3.8) is 0 Å². The minimum atomic E-state index is -1.78. The maximum atomic E-state index is 11.0. The SMILES string of the molecule is CC(=O)NC(CO)C(O)C(O)C(O)CO[C@H]1O[C@@H](C)[C@@H](O)[C@@H](O)[C@@H]1O. The van der Waals surface area contributed by atoms with E-state index in [2.05, 4.69) is 5.32 Å². The lowest BCUT2D eigenvalue weighted by atomic mass is 10.00. The van der Waals surface area contributed by atoms with E-state index >= 15 is 0 Å². The Kier molecular flexibility index (Phi) is 8.60. The van der Waals surface area contributed by atoms with E-state index < -0.39 is 74.2 Å². The maximum absolute atomic E-state index is 11.0. The quantitative estimate of drug-likeness (QED) is 0.207. The standard InChI is InChI=1S/C14H27NO10/c1-5-9(19)12(22)13(23)14(25-5)24-4-8(18)11(21)10(20)7(3-16)15-6(2)17/h5,7-14,16,18-23H,3-4H2,1-2H3,(H,15,17)/t5-,7?,8?,9+,10?,11?,12+,13-,14-/m0/s1. The van der Waals surface area contributed by atoms with Gasteiger partial charge in [-0.25, -0.2) is 0 Å². The Balaban J connectivity index is 2.57. The lowest BCUT2D eigenvalue weighted by Crippen LogP contribution is -2.58. The van der Waals surface area contributed by atoms with E-state index in [9.17, 15) is 35.4 Å². The number of carbonyl (C=O) groups excluding carboxylic acids is 1. The predicted octanol–water partition coefficient (Wildman–Crippen LogP) is -4.59. The molecule has 0 spiro atoms. The van der Waals surface area contributed by atoms with Crippen LogP contribution in [0.1, 0.15) is 13.8 Å². The first kappa shape index (κ1) is 22.2. The molecule has 0 aromatic rings. The third-order valence-electron chi connectivity index (χ3n) is 3.98. The van der Waals surface area contributed by atoms with Crippen molar-refractivity contribution < 1.29 is 50.0 Å². The van der Waals surface area contributed by atoms with Crippen LogP contribution in [0.4, 0.5) is 0 Å². The third-order valence-corrected chi connectivity index (χ3v) is 3.98. The van der Waals surface area contributed by atoms with Crippen LogP contribution in [-0.4, -0.2) is 110 Å². The van der Waals surface area contributed by atoms with Crippen molar-refractivity contribution >= 4 is 5.91 Å². The number of aliphatic hydroxyl groups is 7. The normalized spacial score (nSPS) is 34.8. The topological polar surface area (TPSA) is 189 Å². The van der Waals surface area contributed by atoms with E-state index in [1.54, 1.807) is 0 Å². The molecule has 0 aromatic carbocycles. The van der Waals surface area contributed by atoms with Crippen LogP contribution >= 0.6 is 0 Å². The van der Waals surface area contributed by atoms with Gasteiger partial charge >= 0.3 is 0 Å². The van der Waals surface area contributed by atoms with Gasteiger partial charge in [0, 0.05) is 6.92 Å². The number of hydrogen-bond acceptors (Lipinski definition) is 10. The van der Waals surface area contributed by atoms with Gasteiger partial charge in [0.25, 0.3) is 0 Å². The third kappa shape index (κ3) is 5.81. The molecule has 1 heterocycles. The van der Waals surface area contributed by atoms with Crippen LogP contribution in [0.3, 0.4) is 0 Å². The van der Waals surface area contributed by atoms with E-state index in [4.69, 9.17) is 14.6 Å². The lowest BCUT2D eigenvalue weighted by Gasteiger charge is -2.39. The Morgan fingerprint density at radius 2 is 1.72 bits per heavy atom. The highest BCUT2D eigenvalue weighted by Crippen LogP contribution is 2.22. The van der Waals surface area contributed by atoms with Crippen molar-refractivity contribution in [2.75, 3.05) is 13.2 Å². The Morgan fingerprint density at radius 3 is 2.24 bits per heavy atom. The first-order valence-electron chi connectivity index (χ1n) is 7.83. The fourth-order valence-electron chi connectivity index (χ4n) is 2.41. The summed E-state index contributed by atoms with van der Waals surface area (Å²) in [6, 6.07) is -1.20. The average molecular weight is 369 g/mol. The summed E-state index contributed by atoms with van der Waals surface area (Å²) < 4.78 is 10.3. The van der Waals surface area contributed by atoms with Crippen LogP contribution in [0, 0.1) is 0 Å². The summed E-state index contributed by atoms with van der Waals surface area (Å²) >= 11 is 0. The van der Waals surface area contributed by atoms with Crippen molar-refractivity contribution in [1.29, 1.82) is 0 Å². The summed E-state index contributed by atoms with van der Waals surface area (Å²) in [6.45, 7) is 1.35. The van der Waals surface area contributed by atoms with Gasteiger partial charge in [0.15, 0.2) is 6.29 Å². The minimum Gasteiger partial charge on any atom is -0.394 e. The van der Waals surface area contributed by atoms with E-state index in [-0.39, 0.29) is 0 Å². The molecule has 1 rings (SSSR count). The van der Waals surface area contributed by atoms with Gasteiger partial charge < -0.3 is 50.5 Å². The molecule has 11 nitrogen and oxygen atoms in total. The number of aliphatic hydroxyl groups excluding tert-OH is 7. The molecule has 0 aromatic heterocycles. The van der Waals surface area contributed by atoms with Crippen molar-refractivity contribution in [2.24, 2.45) is 0 Å². The summed E-state index contributed by atoms with van der Waals surface area (Å²) in [6.07, 6.45) is -11.7. The molecule has 4 unspecified atom stereocenters. The molecule has 8 N–H and O–H groups in total. The maximum Gasteiger partial charge on any atom is 0.217 e. The molecule has 1 fully saturated rings. The molecule has 1 amide bonds. The molecular weight excluding hydrogens is 342 g/mol. The summed E-state index contributed by atoms with van der Waals surface area (Å²) in [5, 5.41) is 70.0. The summed E-state index contributed by atoms with van der Waals surface area (Å²) in [4.78, 5) is 11.0. The molecular formula is C14H27NO10. The zero-order valence-electron chi connectivity index (χ0n) is 14.0. The second-order valence-corrected chi connectivity index (χ2v) is 6.05. The van der Waals surface area contributed by atoms with Gasteiger partial charge in [0.05, 0.1) is 25.4 Å². The fraction of sp³-hybridized carbons (Fsp3) is 0.929. The van der Waals surface area contributed by atoms with Gasteiger partial charge in [-0.2, -0.15) is 0 Å². The Labute approximate surface area is 144 Å². The smallest absolute Gasteiger partial charge is 0.217 e. The molecule has 0 aliphatic carbocycles. The largest absolute Gasteiger partial charge is 0.394 e. The molecule has 148 valence electrons. The van der Waals surface area contributed by atoms with Crippen molar-refractivity contribution in [3.05, 3.63) is 0 Å². The highest BCUT2D eigenvalue weighted by atomic mass is 16.7. The second kappa shape index (κ2) is 9.71. The van der Waals surface area contributed by atoms with Gasteiger partial charge in [-0.05, 0) is 6.92 Å². The van der Waals surface area contributed by atoms with Crippen LogP contribution in [-0.2, 0) is 14.3 Å². The molecule has 25 heavy (non-hydrogen) atoms. The van der Waals surface area contributed by atoms with E-state index in [1.807, 2.05) is 0 Å². The van der Waals surface area contributed by atoms with Crippen LogP contribution in [0.5, 0.6) is 0 Å². The number of hydrogen-bond donors (Lipinski definition) is 8. The van der Waals surface area contributed by atoms with Gasteiger partial charge in [-0.15, -0.1) is 0 Å². The first-order valence-corrected chi connectivity index (χ1v) is 7.83. The van der Waals surface area contributed by atoms with Gasteiger partial charge in [-0.1, -0.05) is 0 Å². The van der Waals surface area contributed by atoms with E-state index in [1.165, 1.54) is 6.92 Å². The zero-order valence-corrected chi connectivity index (χ0v) is 14.0. The van der Waals surface area contributed by atoms with E-state index in [0.717, 1.165) is 6.92 Å². The highest BCUT2D eigenvalue weighted by Gasteiger charge is 2.43. The molecule has 1 saturated heterocycles. The summed E-state index contributed by atoms with van der Waals surface area (Å²) in [5.74, 6) is -0.545. The van der Waals surface area contributed by atoms with Crippen LogP contribution in [0.25, 0.3) is 0 Å². The minimum absolute atomic E-state index is 0.545. The van der Waals surface area contributed by atoms with Gasteiger partial charge in [0.1, 0.15) is 36.6 Å². The average Bonchev–Trinajstić information content (AvgIpc) is 2.57. The highest BCUT2D eigenvalue weighted by molar-refractivity contribution is 5.73. The molecule has 0 saturated carbocycles. The van der Waals surface area contributed by atoms with Crippen LogP contribution in [0.15, 0.2) is 0 Å². The molecule has 1 aliphatic heterocycles. The molecule has 0 bridgehead atoms. The van der Waals surface area contributed by atoms with Gasteiger partial charge in [-0.3, -0.25) is 4.79 Å².